The normalized spacial score (nSPS) is 10.3. The summed E-state index contributed by atoms with van der Waals surface area (Å²) in [6.07, 6.45) is 0.727. The third-order valence-corrected chi connectivity index (χ3v) is 5.33. The van der Waals surface area contributed by atoms with Gasteiger partial charge in [0.2, 0.25) is 0 Å². The molecule has 3 rings (SSSR count). The van der Waals surface area contributed by atoms with E-state index in [-0.39, 0.29) is 0 Å². The molecule has 0 saturated heterocycles. The number of benzene rings is 2. The number of para-hydroxylation sites is 2. The monoisotopic (exact) mass is 426 g/mol. The molecule has 7 heteroatoms. The Bertz CT molecular complexity index is 987. The summed E-state index contributed by atoms with van der Waals surface area (Å²) in [7, 11) is 1.37. The van der Waals surface area contributed by atoms with Gasteiger partial charge >= 0.3 is 5.97 Å². The number of methoxy groups -OCH3 is 1. The maximum absolute atomic E-state index is 12.2. The molecule has 150 valence electrons. The molecule has 1 aromatic heterocycles. The first-order chi connectivity index (χ1) is 14.1. The van der Waals surface area contributed by atoms with Gasteiger partial charge in [-0.25, -0.2) is 4.79 Å². The highest BCUT2D eigenvalue weighted by Crippen LogP contribution is 2.31. The predicted octanol–water partition coefficient (Wildman–Crippen LogP) is 5.33. The van der Waals surface area contributed by atoms with Gasteiger partial charge in [0, 0.05) is 11.3 Å². The second-order valence-electron chi connectivity index (χ2n) is 6.12. The molecule has 2 aromatic carbocycles. The van der Waals surface area contributed by atoms with E-state index in [1.165, 1.54) is 24.0 Å². The molecule has 5 nitrogen and oxygen atoms in total. The minimum absolute atomic E-state index is 0.371. The van der Waals surface area contributed by atoms with E-state index in [0.717, 1.165) is 17.0 Å². The third kappa shape index (κ3) is 5.56. The number of carbonyl (C=O) groups excluding carboxylic acids is 1. The first-order valence-corrected chi connectivity index (χ1v) is 10.4. The first kappa shape index (κ1) is 20.8. The minimum Gasteiger partial charge on any atom is -0.492 e. The Morgan fingerprint density at radius 3 is 2.52 bits per heavy atom. The van der Waals surface area contributed by atoms with Crippen LogP contribution in [0.1, 0.15) is 27.7 Å². The van der Waals surface area contributed by atoms with Crippen LogP contribution in [0, 0.1) is 0 Å². The quantitative estimate of drug-likeness (QED) is 0.393. The van der Waals surface area contributed by atoms with Gasteiger partial charge in [-0.1, -0.05) is 42.5 Å². The van der Waals surface area contributed by atoms with Crippen LogP contribution in [0.15, 0.2) is 60.7 Å². The lowest BCUT2D eigenvalue weighted by Gasteiger charge is -2.14. The molecule has 0 atom stereocenters. The van der Waals surface area contributed by atoms with Gasteiger partial charge in [-0.15, -0.1) is 11.3 Å². The van der Waals surface area contributed by atoms with E-state index in [0.29, 0.717) is 28.0 Å². The molecule has 0 unspecified atom stereocenters. The summed E-state index contributed by atoms with van der Waals surface area (Å²) in [6, 6.07) is 19.5. The number of hydrogen-bond acceptors (Lipinski definition) is 5. The fraction of sp³-hybridized carbons (Fsp3) is 0.182. The molecule has 0 radical (unpaired) electrons. The summed E-state index contributed by atoms with van der Waals surface area (Å²) >= 11 is 6.94. The lowest BCUT2D eigenvalue weighted by molar-refractivity contribution is 0.0602. The third-order valence-electron chi connectivity index (χ3n) is 4.07. The first-order valence-electron chi connectivity index (χ1n) is 9.15. The Kier molecular flexibility index (Phi) is 7.21. The topological polar surface area (TPSA) is 59.6 Å². The second kappa shape index (κ2) is 10.0. The Hall–Kier alpha value is -2.90. The molecule has 0 amide bonds. The van der Waals surface area contributed by atoms with Crippen molar-refractivity contribution in [3.63, 3.8) is 0 Å². The number of thiophene rings is 1. The van der Waals surface area contributed by atoms with Gasteiger partial charge in [0.1, 0.15) is 10.8 Å². The highest BCUT2D eigenvalue weighted by Gasteiger charge is 2.18. The van der Waals surface area contributed by atoms with Crippen LogP contribution < -0.4 is 15.4 Å². The number of anilines is 2. The van der Waals surface area contributed by atoms with Gasteiger partial charge < -0.3 is 20.1 Å². The zero-order valence-electron chi connectivity index (χ0n) is 16.2. The number of nitrogens with one attached hydrogen (secondary N) is 2. The van der Waals surface area contributed by atoms with Crippen LogP contribution in [0.5, 0.6) is 5.75 Å². The minimum atomic E-state index is -0.402. The van der Waals surface area contributed by atoms with E-state index in [1.54, 1.807) is 0 Å². The molecule has 0 aliphatic heterocycles. The summed E-state index contributed by atoms with van der Waals surface area (Å²) in [5, 5.41) is 7.29. The van der Waals surface area contributed by atoms with Gasteiger partial charge in [0.05, 0.1) is 25.0 Å². The fourth-order valence-electron chi connectivity index (χ4n) is 2.79. The van der Waals surface area contributed by atoms with Crippen LogP contribution in [-0.2, 0) is 11.2 Å². The lowest BCUT2D eigenvalue weighted by atomic mass is 10.1. The number of thiocarbonyl (C=S) groups is 1. The predicted molar refractivity (Wildman–Crippen MR) is 122 cm³/mol. The van der Waals surface area contributed by atoms with Gasteiger partial charge in [0.15, 0.2) is 5.11 Å². The average Bonchev–Trinajstić information content (AvgIpc) is 3.11. The Labute approximate surface area is 179 Å². The number of rotatable bonds is 7. The number of hydrogen-bond donors (Lipinski definition) is 2. The van der Waals surface area contributed by atoms with Crippen molar-refractivity contribution < 1.29 is 14.3 Å². The summed E-state index contributed by atoms with van der Waals surface area (Å²) in [5.41, 5.74) is 2.39. The van der Waals surface area contributed by atoms with Crippen LogP contribution >= 0.6 is 23.6 Å². The standard InChI is InChI=1S/C22H22N2O3S2/c1-3-27-19-12-8-7-11-18(19)23-22(28)24-20-17(21(25)26-2)14-16(29-20)13-15-9-5-4-6-10-15/h4-12,14H,3,13H2,1-2H3,(H2,23,24,28). The highest BCUT2D eigenvalue weighted by atomic mass is 32.1. The van der Waals surface area contributed by atoms with Crippen LogP contribution in [-0.4, -0.2) is 24.8 Å². The Morgan fingerprint density at radius 1 is 1.07 bits per heavy atom. The van der Waals surface area contributed by atoms with Crippen LogP contribution in [0.3, 0.4) is 0 Å². The zero-order valence-corrected chi connectivity index (χ0v) is 17.9. The van der Waals surface area contributed by atoms with E-state index >= 15 is 0 Å². The smallest absolute Gasteiger partial charge is 0.340 e. The van der Waals surface area contributed by atoms with Crippen molar-refractivity contribution >= 4 is 45.3 Å². The van der Waals surface area contributed by atoms with E-state index in [4.69, 9.17) is 21.7 Å². The molecule has 0 saturated carbocycles. The fourth-order valence-corrected chi connectivity index (χ4v) is 4.15. The molecular formula is C22H22N2O3S2. The molecule has 0 bridgehead atoms. The number of carbonyl (C=O) groups is 1. The largest absolute Gasteiger partial charge is 0.492 e. The van der Waals surface area contributed by atoms with Gasteiger partial charge in [-0.2, -0.15) is 0 Å². The lowest BCUT2D eigenvalue weighted by Crippen LogP contribution is -2.20. The van der Waals surface area contributed by atoms with Crippen molar-refractivity contribution in [3.8, 4) is 5.75 Å². The summed E-state index contributed by atoms with van der Waals surface area (Å²) in [6.45, 7) is 2.48. The second-order valence-corrected chi connectivity index (χ2v) is 7.66. The van der Waals surface area contributed by atoms with E-state index in [9.17, 15) is 4.79 Å². The Balaban J connectivity index is 1.78. The molecule has 3 aromatic rings. The molecule has 0 spiro atoms. The Morgan fingerprint density at radius 2 is 1.79 bits per heavy atom. The van der Waals surface area contributed by atoms with Crippen molar-refractivity contribution in [2.24, 2.45) is 0 Å². The van der Waals surface area contributed by atoms with Gasteiger partial charge in [0.25, 0.3) is 0 Å². The van der Waals surface area contributed by atoms with Crippen molar-refractivity contribution in [2.75, 3.05) is 24.4 Å². The molecule has 29 heavy (non-hydrogen) atoms. The SMILES string of the molecule is CCOc1ccccc1NC(=S)Nc1sc(Cc2ccccc2)cc1C(=O)OC. The van der Waals surface area contributed by atoms with Crippen molar-refractivity contribution in [1.82, 2.24) is 0 Å². The van der Waals surface area contributed by atoms with E-state index in [2.05, 4.69) is 22.8 Å². The molecule has 0 aliphatic carbocycles. The number of ether oxygens (including phenoxy) is 2. The van der Waals surface area contributed by atoms with E-state index < -0.39 is 5.97 Å². The van der Waals surface area contributed by atoms with E-state index in [1.807, 2.05) is 55.5 Å². The molecular weight excluding hydrogens is 404 g/mol. The molecule has 0 fully saturated rings. The van der Waals surface area contributed by atoms with Crippen LogP contribution in [0.25, 0.3) is 0 Å². The summed E-state index contributed by atoms with van der Waals surface area (Å²) in [5.74, 6) is 0.309. The zero-order chi connectivity index (χ0) is 20.6. The van der Waals surface area contributed by atoms with Crippen molar-refractivity contribution in [1.29, 1.82) is 0 Å². The number of esters is 1. The molecule has 2 N–H and O–H groups in total. The maximum atomic E-state index is 12.2. The highest BCUT2D eigenvalue weighted by molar-refractivity contribution is 7.80. The maximum Gasteiger partial charge on any atom is 0.340 e. The molecule has 0 aliphatic rings. The van der Waals surface area contributed by atoms with Crippen LogP contribution in [0.2, 0.25) is 0 Å². The molecule has 1 heterocycles. The van der Waals surface area contributed by atoms with Gasteiger partial charge in [-0.05, 0) is 42.9 Å². The van der Waals surface area contributed by atoms with Crippen LogP contribution in [0.4, 0.5) is 10.7 Å². The summed E-state index contributed by atoms with van der Waals surface area (Å²) < 4.78 is 10.6. The van der Waals surface area contributed by atoms with Crippen molar-refractivity contribution in [3.05, 3.63) is 76.7 Å². The average molecular weight is 427 g/mol. The van der Waals surface area contributed by atoms with Gasteiger partial charge in [-0.3, -0.25) is 0 Å². The van der Waals surface area contributed by atoms with Crippen molar-refractivity contribution in [2.45, 2.75) is 13.3 Å². The summed E-state index contributed by atoms with van der Waals surface area (Å²) in [4.78, 5) is 13.3.